The Morgan fingerprint density at radius 3 is 2.29 bits per heavy atom. The number of primary amides is 1. The smallest absolute Gasteiger partial charge is 0.248 e. The Morgan fingerprint density at radius 2 is 1.68 bits per heavy atom. The fourth-order valence-corrected chi connectivity index (χ4v) is 3.15. The van der Waals surface area contributed by atoms with Crippen molar-refractivity contribution in [3.05, 3.63) is 89.4 Å². The first-order valence-corrected chi connectivity index (χ1v) is 9.19. The van der Waals surface area contributed by atoms with Crippen molar-refractivity contribution < 1.29 is 9.53 Å². The summed E-state index contributed by atoms with van der Waals surface area (Å²) in [5.41, 5.74) is 9.33. The molecule has 0 saturated carbocycles. The molecule has 3 aromatic rings. The van der Waals surface area contributed by atoms with Crippen molar-refractivity contribution in [3.63, 3.8) is 0 Å². The van der Waals surface area contributed by atoms with E-state index in [0.29, 0.717) is 23.9 Å². The normalized spacial score (nSPS) is 13.7. The molecule has 6 nitrogen and oxygen atoms in total. The molecule has 4 rings (SSSR count). The standard InChI is InChI=1S/C22H20N4O2/c23-21(27)20(18-14-24-17-12-7-13-28-22(17)25-18)26-19(15-8-3-1-4-9-15)16-10-5-2-6-11-16/h1-6,8-11,14,20H,7,12-13H2,(H2,23,27). The fraction of sp³-hybridized carbons (Fsp3) is 0.182. The molecule has 0 radical (unpaired) electrons. The number of aromatic nitrogens is 2. The Hall–Kier alpha value is -3.54. The Bertz CT molecular complexity index is 962. The van der Waals surface area contributed by atoms with E-state index < -0.39 is 11.9 Å². The van der Waals surface area contributed by atoms with Crippen molar-refractivity contribution in [1.29, 1.82) is 0 Å². The van der Waals surface area contributed by atoms with Crippen LogP contribution in [0.4, 0.5) is 0 Å². The van der Waals surface area contributed by atoms with Gasteiger partial charge in [0.05, 0.1) is 24.2 Å². The molecule has 0 spiro atoms. The minimum atomic E-state index is -0.960. The molecule has 2 N–H and O–H groups in total. The van der Waals surface area contributed by atoms with Gasteiger partial charge in [0.2, 0.25) is 11.8 Å². The van der Waals surface area contributed by atoms with Gasteiger partial charge in [-0.1, -0.05) is 60.7 Å². The van der Waals surface area contributed by atoms with Gasteiger partial charge in [-0.05, 0) is 12.8 Å². The van der Waals surface area contributed by atoms with Gasteiger partial charge in [0.1, 0.15) is 5.69 Å². The molecule has 0 aliphatic carbocycles. The van der Waals surface area contributed by atoms with E-state index in [-0.39, 0.29) is 0 Å². The monoisotopic (exact) mass is 372 g/mol. The first-order valence-electron chi connectivity index (χ1n) is 9.19. The summed E-state index contributed by atoms with van der Waals surface area (Å²) in [4.78, 5) is 25.9. The molecule has 1 aliphatic heterocycles. The predicted octanol–water partition coefficient (Wildman–Crippen LogP) is 2.87. The average molecular weight is 372 g/mol. The van der Waals surface area contributed by atoms with Crippen molar-refractivity contribution in [1.82, 2.24) is 9.97 Å². The van der Waals surface area contributed by atoms with Crippen LogP contribution in [0.3, 0.4) is 0 Å². The van der Waals surface area contributed by atoms with Crippen molar-refractivity contribution in [2.24, 2.45) is 10.7 Å². The van der Waals surface area contributed by atoms with E-state index in [1.165, 1.54) is 0 Å². The second-order valence-corrected chi connectivity index (χ2v) is 6.51. The number of nitrogens with zero attached hydrogens (tertiary/aromatic N) is 3. The summed E-state index contributed by atoms with van der Waals surface area (Å²) < 4.78 is 5.59. The second kappa shape index (κ2) is 8.00. The highest BCUT2D eigenvalue weighted by Gasteiger charge is 2.24. The van der Waals surface area contributed by atoms with E-state index in [9.17, 15) is 4.79 Å². The third kappa shape index (κ3) is 3.76. The van der Waals surface area contributed by atoms with E-state index in [4.69, 9.17) is 15.5 Å². The van der Waals surface area contributed by atoms with Crippen molar-refractivity contribution in [3.8, 4) is 5.88 Å². The summed E-state index contributed by atoms with van der Waals surface area (Å²) in [5.74, 6) is -0.124. The van der Waals surface area contributed by atoms with Crippen molar-refractivity contribution in [2.75, 3.05) is 6.61 Å². The number of amides is 1. The number of carbonyl (C=O) groups excluding carboxylic acids is 1. The van der Waals surface area contributed by atoms with Gasteiger partial charge in [0, 0.05) is 11.1 Å². The second-order valence-electron chi connectivity index (χ2n) is 6.51. The molecular formula is C22H20N4O2. The molecule has 2 heterocycles. The lowest BCUT2D eigenvalue weighted by Crippen LogP contribution is -2.24. The quantitative estimate of drug-likeness (QED) is 0.697. The van der Waals surface area contributed by atoms with Gasteiger partial charge in [0.15, 0.2) is 6.04 Å². The summed E-state index contributed by atoms with van der Waals surface area (Å²) in [6.45, 7) is 0.592. The lowest BCUT2D eigenvalue weighted by Gasteiger charge is -2.18. The maximum atomic E-state index is 12.3. The number of aliphatic imine (C=N–C) groups is 1. The highest BCUT2D eigenvalue weighted by molar-refractivity contribution is 6.13. The summed E-state index contributed by atoms with van der Waals surface area (Å²) in [5, 5.41) is 0. The van der Waals surface area contributed by atoms with Crippen LogP contribution in [0.2, 0.25) is 0 Å². The third-order valence-corrected chi connectivity index (χ3v) is 4.53. The Labute approximate surface area is 163 Å². The molecule has 0 fully saturated rings. The molecule has 1 aliphatic rings. The summed E-state index contributed by atoms with van der Waals surface area (Å²) >= 11 is 0. The van der Waals surface area contributed by atoms with Crippen LogP contribution in [0.1, 0.15) is 35.0 Å². The largest absolute Gasteiger partial charge is 0.476 e. The van der Waals surface area contributed by atoms with E-state index >= 15 is 0 Å². The lowest BCUT2D eigenvalue weighted by atomic mass is 10.0. The number of benzene rings is 2. The molecule has 1 atom stereocenters. The van der Waals surface area contributed by atoms with Crippen molar-refractivity contribution in [2.45, 2.75) is 18.9 Å². The number of hydrogen-bond acceptors (Lipinski definition) is 5. The Kier molecular flexibility index (Phi) is 5.10. The van der Waals surface area contributed by atoms with Crippen LogP contribution in [0, 0.1) is 0 Å². The maximum absolute atomic E-state index is 12.3. The number of ether oxygens (including phenoxy) is 1. The van der Waals surface area contributed by atoms with Crippen LogP contribution in [0.25, 0.3) is 0 Å². The van der Waals surface area contributed by atoms with Crippen LogP contribution < -0.4 is 10.5 Å². The number of rotatable bonds is 5. The van der Waals surface area contributed by atoms with E-state index in [0.717, 1.165) is 29.7 Å². The molecule has 1 amide bonds. The van der Waals surface area contributed by atoms with Gasteiger partial charge < -0.3 is 10.5 Å². The first-order chi connectivity index (χ1) is 13.7. The van der Waals surface area contributed by atoms with Crippen LogP contribution >= 0.6 is 0 Å². The number of fused-ring (bicyclic) bond motifs is 1. The van der Waals surface area contributed by atoms with Gasteiger partial charge in [-0.2, -0.15) is 0 Å². The van der Waals surface area contributed by atoms with Crippen molar-refractivity contribution >= 4 is 11.6 Å². The van der Waals surface area contributed by atoms with Gasteiger partial charge in [0.25, 0.3) is 0 Å². The van der Waals surface area contributed by atoms with Crippen LogP contribution in [0.15, 0.2) is 71.9 Å². The van der Waals surface area contributed by atoms with Crippen LogP contribution in [-0.2, 0) is 11.2 Å². The average Bonchev–Trinajstić information content (AvgIpc) is 2.75. The number of carbonyl (C=O) groups is 1. The molecule has 6 heteroatoms. The minimum absolute atomic E-state index is 0.387. The number of hydrogen-bond donors (Lipinski definition) is 1. The molecule has 1 unspecified atom stereocenters. The summed E-state index contributed by atoms with van der Waals surface area (Å²) in [6.07, 6.45) is 3.29. The molecule has 0 bridgehead atoms. The molecular weight excluding hydrogens is 352 g/mol. The highest BCUT2D eigenvalue weighted by atomic mass is 16.5. The molecule has 2 aromatic carbocycles. The Balaban J connectivity index is 1.81. The van der Waals surface area contributed by atoms with Crippen LogP contribution in [0.5, 0.6) is 5.88 Å². The molecule has 28 heavy (non-hydrogen) atoms. The Morgan fingerprint density at radius 1 is 1.04 bits per heavy atom. The number of aryl methyl sites for hydroxylation is 1. The third-order valence-electron chi connectivity index (χ3n) is 4.53. The molecule has 140 valence electrons. The number of nitrogens with two attached hydrogens (primary N) is 1. The van der Waals surface area contributed by atoms with Crippen LogP contribution in [-0.4, -0.2) is 28.2 Å². The van der Waals surface area contributed by atoms with Gasteiger partial charge in [-0.25, -0.2) is 4.98 Å². The fourth-order valence-electron chi connectivity index (χ4n) is 3.15. The van der Waals surface area contributed by atoms with E-state index in [1.54, 1.807) is 6.20 Å². The zero-order valence-electron chi connectivity index (χ0n) is 15.3. The minimum Gasteiger partial charge on any atom is -0.476 e. The molecule has 0 saturated heterocycles. The lowest BCUT2D eigenvalue weighted by molar-refractivity contribution is -0.119. The topological polar surface area (TPSA) is 90.5 Å². The molecule has 1 aromatic heterocycles. The first kappa shape index (κ1) is 17.9. The SMILES string of the molecule is NC(=O)C(N=C(c1ccccc1)c1ccccc1)c1cnc2c(n1)OCCC2. The summed E-state index contributed by atoms with van der Waals surface area (Å²) in [7, 11) is 0. The zero-order chi connectivity index (χ0) is 19.3. The summed E-state index contributed by atoms with van der Waals surface area (Å²) in [6, 6.07) is 18.4. The van der Waals surface area contributed by atoms with Gasteiger partial charge in [-0.3, -0.25) is 14.8 Å². The maximum Gasteiger partial charge on any atom is 0.248 e. The van der Waals surface area contributed by atoms with Gasteiger partial charge in [-0.15, -0.1) is 0 Å². The van der Waals surface area contributed by atoms with E-state index in [1.807, 2.05) is 60.7 Å². The highest BCUT2D eigenvalue weighted by Crippen LogP contribution is 2.25. The van der Waals surface area contributed by atoms with E-state index in [2.05, 4.69) is 9.97 Å². The van der Waals surface area contributed by atoms with Gasteiger partial charge >= 0.3 is 0 Å². The zero-order valence-corrected chi connectivity index (χ0v) is 15.3. The predicted molar refractivity (Wildman–Crippen MR) is 106 cm³/mol.